The van der Waals surface area contributed by atoms with E-state index in [1.165, 1.54) is 0 Å². The van der Waals surface area contributed by atoms with Gasteiger partial charge in [0, 0.05) is 19.1 Å². The fourth-order valence-corrected chi connectivity index (χ4v) is 2.37. The number of hydrogen-bond donors (Lipinski definition) is 2. The Morgan fingerprint density at radius 1 is 1.56 bits per heavy atom. The zero-order valence-electron chi connectivity index (χ0n) is 10.2. The maximum Gasteiger partial charge on any atom is 0.321 e. The Labute approximate surface area is 97.2 Å². The number of hydrogen-bond acceptors (Lipinski definition) is 4. The summed E-state index contributed by atoms with van der Waals surface area (Å²) in [7, 11) is 0. The maximum atomic E-state index is 10.7. The van der Waals surface area contributed by atoms with Gasteiger partial charge in [-0.25, -0.2) is 0 Å². The van der Waals surface area contributed by atoms with Crippen molar-refractivity contribution in [3.63, 3.8) is 0 Å². The summed E-state index contributed by atoms with van der Waals surface area (Å²) in [6.45, 7) is 8.81. The number of carboxylic acids is 1. The average molecular weight is 229 g/mol. The van der Waals surface area contributed by atoms with Crippen LogP contribution in [0.4, 0.5) is 0 Å². The zero-order valence-corrected chi connectivity index (χ0v) is 10.2. The van der Waals surface area contributed by atoms with Crippen molar-refractivity contribution in [3.05, 3.63) is 0 Å². The number of carbonyl (C=O) groups is 1. The summed E-state index contributed by atoms with van der Waals surface area (Å²) in [5.74, 6) is -0.911. The van der Waals surface area contributed by atoms with E-state index >= 15 is 0 Å². The molecular weight excluding hydrogens is 206 g/mol. The first-order valence-corrected chi connectivity index (χ1v) is 6.03. The van der Waals surface area contributed by atoms with Crippen LogP contribution in [-0.4, -0.2) is 65.7 Å². The molecule has 0 radical (unpaired) electrons. The lowest BCUT2D eigenvalue weighted by atomic mass is 10.2. The molecule has 0 spiro atoms. The van der Waals surface area contributed by atoms with Crippen LogP contribution < -0.4 is 5.73 Å². The fraction of sp³-hybridized carbons (Fsp3) is 0.909. The van der Waals surface area contributed by atoms with Gasteiger partial charge in [-0.05, 0) is 26.1 Å². The first kappa shape index (κ1) is 13.4. The van der Waals surface area contributed by atoms with Gasteiger partial charge in [0.05, 0.1) is 0 Å². The quantitative estimate of drug-likeness (QED) is 0.661. The maximum absolute atomic E-state index is 10.7. The topological polar surface area (TPSA) is 69.8 Å². The molecule has 2 unspecified atom stereocenters. The second-order valence-corrected chi connectivity index (χ2v) is 4.37. The molecule has 3 N–H and O–H groups in total. The smallest absolute Gasteiger partial charge is 0.321 e. The molecule has 2 atom stereocenters. The highest BCUT2D eigenvalue weighted by Gasteiger charge is 2.28. The van der Waals surface area contributed by atoms with Gasteiger partial charge < -0.3 is 10.8 Å². The molecule has 0 aromatic rings. The van der Waals surface area contributed by atoms with Crippen LogP contribution in [0.25, 0.3) is 0 Å². The van der Waals surface area contributed by atoms with Crippen molar-refractivity contribution in [2.24, 2.45) is 5.73 Å². The van der Waals surface area contributed by atoms with Crippen molar-refractivity contribution >= 4 is 5.97 Å². The Morgan fingerprint density at radius 3 is 2.69 bits per heavy atom. The van der Waals surface area contributed by atoms with Crippen molar-refractivity contribution < 1.29 is 9.90 Å². The SMILES string of the molecule is CCN(CC)C1CCN(CC(N)C(=O)O)C1. The Bertz CT molecular complexity index is 231. The van der Waals surface area contributed by atoms with Crippen LogP contribution >= 0.6 is 0 Å². The molecule has 1 heterocycles. The molecule has 0 aromatic carbocycles. The van der Waals surface area contributed by atoms with Gasteiger partial charge in [0.15, 0.2) is 0 Å². The van der Waals surface area contributed by atoms with Gasteiger partial charge in [-0.15, -0.1) is 0 Å². The van der Waals surface area contributed by atoms with E-state index in [9.17, 15) is 4.79 Å². The van der Waals surface area contributed by atoms with Gasteiger partial charge in [-0.2, -0.15) is 0 Å². The minimum Gasteiger partial charge on any atom is -0.480 e. The Hall–Kier alpha value is -0.650. The second kappa shape index (κ2) is 6.18. The van der Waals surface area contributed by atoms with Crippen LogP contribution in [0.15, 0.2) is 0 Å². The molecule has 1 aliphatic rings. The molecule has 1 rings (SSSR count). The van der Waals surface area contributed by atoms with E-state index in [-0.39, 0.29) is 0 Å². The number of rotatable bonds is 6. The van der Waals surface area contributed by atoms with Crippen molar-refractivity contribution in [1.29, 1.82) is 0 Å². The van der Waals surface area contributed by atoms with Crippen molar-refractivity contribution in [2.45, 2.75) is 32.4 Å². The normalized spacial score (nSPS) is 23.9. The highest BCUT2D eigenvalue weighted by molar-refractivity contribution is 5.73. The predicted octanol–water partition coefficient (Wildman–Crippen LogP) is -0.186. The van der Waals surface area contributed by atoms with Gasteiger partial charge >= 0.3 is 5.97 Å². The summed E-state index contributed by atoms with van der Waals surface area (Å²) in [4.78, 5) is 15.2. The Kier molecular flexibility index (Phi) is 5.18. The summed E-state index contributed by atoms with van der Waals surface area (Å²) in [6, 6.07) is -0.188. The van der Waals surface area contributed by atoms with E-state index in [0.717, 1.165) is 32.6 Å². The largest absolute Gasteiger partial charge is 0.480 e. The molecule has 5 heteroatoms. The van der Waals surface area contributed by atoms with Crippen molar-refractivity contribution in [1.82, 2.24) is 9.80 Å². The summed E-state index contributed by atoms with van der Waals surface area (Å²) >= 11 is 0. The minimum absolute atomic E-state index is 0.465. The number of aliphatic carboxylic acids is 1. The number of likely N-dealkylation sites (tertiary alicyclic amines) is 1. The van der Waals surface area contributed by atoms with Gasteiger partial charge in [0.25, 0.3) is 0 Å². The van der Waals surface area contributed by atoms with E-state index in [0.29, 0.717) is 12.6 Å². The lowest BCUT2D eigenvalue weighted by molar-refractivity contribution is -0.138. The third-order valence-electron chi connectivity index (χ3n) is 3.35. The molecule has 0 aliphatic carbocycles. The van der Waals surface area contributed by atoms with Gasteiger partial charge in [0.2, 0.25) is 0 Å². The lowest BCUT2D eigenvalue weighted by Gasteiger charge is -2.26. The molecule has 1 fully saturated rings. The molecule has 94 valence electrons. The molecular formula is C11H23N3O2. The summed E-state index contributed by atoms with van der Waals surface area (Å²) in [6.07, 6.45) is 1.12. The molecule has 1 saturated heterocycles. The van der Waals surface area contributed by atoms with Gasteiger partial charge in [0.1, 0.15) is 6.04 Å². The fourth-order valence-electron chi connectivity index (χ4n) is 2.37. The predicted molar refractivity (Wildman–Crippen MR) is 63.4 cm³/mol. The van der Waals surface area contributed by atoms with Crippen LogP contribution in [-0.2, 0) is 4.79 Å². The first-order valence-electron chi connectivity index (χ1n) is 6.03. The van der Waals surface area contributed by atoms with Gasteiger partial charge in [-0.1, -0.05) is 13.8 Å². The number of likely N-dealkylation sites (N-methyl/N-ethyl adjacent to an activating group) is 1. The summed E-state index contributed by atoms with van der Waals surface area (Å²) in [5, 5.41) is 8.75. The van der Waals surface area contributed by atoms with Crippen molar-refractivity contribution in [2.75, 3.05) is 32.7 Å². The standard InChI is InChI=1S/C11H23N3O2/c1-3-14(4-2)9-5-6-13(7-9)8-10(12)11(15)16/h9-10H,3-8,12H2,1-2H3,(H,15,16). The van der Waals surface area contributed by atoms with Crippen LogP contribution in [0.3, 0.4) is 0 Å². The summed E-state index contributed by atoms with van der Waals surface area (Å²) < 4.78 is 0. The summed E-state index contributed by atoms with van der Waals surface area (Å²) in [5.41, 5.74) is 5.53. The third kappa shape index (κ3) is 3.43. The van der Waals surface area contributed by atoms with E-state index < -0.39 is 12.0 Å². The molecule has 0 aromatic heterocycles. The Balaban J connectivity index is 2.37. The number of carboxylic acid groups (broad SMARTS) is 1. The zero-order chi connectivity index (χ0) is 12.1. The van der Waals surface area contributed by atoms with E-state index in [1.54, 1.807) is 0 Å². The molecule has 0 bridgehead atoms. The number of nitrogens with zero attached hydrogens (tertiary/aromatic N) is 2. The van der Waals surface area contributed by atoms with Crippen LogP contribution in [0, 0.1) is 0 Å². The van der Waals surface area contributed by atoms with Crippen LogP contribution in [0.2, 0.25) is 0 Å². The second-order valence-electron chi connectivity index (χ2n) is 4.37. The van der Waals surface area contributed by atoms with Gasteiger partial charge in [-0.3, -0.25) is 14.6 Å². The lowest BCUT2D eigenvalue weighted by Crippen LogP contribution is -2.43. The van der Waals surface area contributed by atoms with Crippen LogP contribution in [0.5, 0.6) is 0 Å². The third-order valence-corrected chi connectivity index (χ3v) is 3.35. The molecule has 16 heavy (non-hydrogen) atoms. The monoisotopic (exact) mass is 229 g/mol. The first-order chi connectivity index (χ1) is 7.58. The molecule has 0 amide bonds. The minimum atomic E-state index is -0.911. The molecule has 1 aliphatic heterocycles. The van der Waals surface area contributed by atoms with E-state index in [4.69, 9.17) is 10.8 Å². The number of nitrogens with two attached hydrogens (primary N) is 1. The highest BCUT2D eigenvalue weighted by Crippen LogP contribution is 2.15. The van der Waals surface area contributed by atoms with E-state index in [2.05, 4.69) is 23.6 Å². The Morgan fingerprint density at radius 2 is 2.19 bits per heavy atom. The highest BCUT2D eigenvalue weighted by atomic mass is 16.4. The van der Waals surface area contributed by atoms with Crippen LogP contribution in [0.1, 0.15) is 20.3 Å². The molecule has 0 saturated carbocycles. The molecule has 5 nitrogen and oxygen atoms in total. The van der Waals surface area contributed by atoms with E-state index in [1.807, 2.05) is 0 Å². The average Bonchev–Trinajstić information content (AvgIpc) is 2.68. The van der Waals surface area contributed by atoms with Crippen molar-refractivity contribution in [3.8, 4) is 0 Å².